The van der Waals surface area contributed by atoms with E-state index >= 15 is 0 Å². The summed E-state index contributed by atoms with van der Waals surface area (Å²) in [5.74, 6) is -0.978. The number of anilines is 2. The summed E-state index contributed by atoms with van der Waals surface area (Å²) in [6, 6.07) is 20.0. The highest BCUT2D eigenvalue weighted by atomic mass is 16.5. The van der Waals surface area contributed by atoms with Crippen molar-refractivity contribution >= 4 is 28.8 Å². The van der Waals surface area contributed by atoms with Gasteiger partial charge in [-0.3, -0.25) is 14.5 Å². The second kappa shape index (κ2) is 11.5. The van der Waals surface area contributed by atoms with Crippen LogP contribution in [0.25, 0.3) is 5.76 Å². The molecule has 0 bridgehead atoms. The molecule has 1 N–H and O–H groups in total. The fourth-order valence-electron chi connectivity index (χ4n) is 4.94. The fraction of sp³-hybridized carbons (Fsp3) is 0.312. The number of hydrogen-bond acceptors (Lipinski definition) is 5. The molecule has 198 valence electrons. The average molecular weight is 513 g/mol. The van der Waals surface area contributed by atoms with Gasteiger partial charge >= 0.3 is 0 Å². The predicted octanol–water partition coefficient (Wildman–Crippen LogP) is 6.56. The number of nitrogens with zero attached hydrogens (tertiary/aromatic N) is 2. The molecule has 0 aliphatic carbocycles. The van der Waals surface area contributed by atoms with Gasteiger partial charge in [-0.1, -0.05) is 43.3 Å². The Morgan fingerprint density at radius 2 is 1.66 bits per heavy atom. The van der Waals surface area contributed by atoms with Gasteiger partial charge in [0.1, 0.15) is 11.5 Å². The van der Waals surface area contributed by atoms with Crippen molar-refractivity contribution in [3.63, 3.8) is 0 Å². The van der Waals surface area contributed by atoms with Gasteiger partial charge in [0.05, 0.1) is 18.2 Å². The predicted molar refractivity (Wildman–Crippen MR) is 153 cm³/mol. The third-order valence-corrected chi connectivity index (χ3v) is 6.99. The van der Waals surface area contributed by atoms with Crippen LogP contribution in [0.2, 0.25) is 0 Å². The van der Waals surface area contributed by atoms with Crippen LogP contribution in [-0.4, -0.2) is 36.5 Å². The van der Waals surface area contributed by atoms with Crippen LogP contribution in [0.1, 0.15) is 55.5 Å². The van der Waals surface area contributed by atoms with Crippen molar-refractivity contribution in [2.24, 2.45) is 0 Å². The number of aryl methyl sites for hydroxylation is 2. The molecule has 1 atom stereocenters. The summed E-state index contributed by atoms with van der Waals surface area (Å²) in [4.78, 5) is 30.9. The molecule has 38 heavy (non-hydrogen) atoms. The van der Waals surface area contributed by atoms with E-state index in [1.807, 2.05) is 69.3 Å². The second-order valence-electron chi connectivity index (χ2n) is 9.60. The molecule has 1 aliphatic rings. The third kappa shape index (κ3) is 5.17. The highest BCUT2D eigenvalue weighted by Gasteiger charge is 2.47. The number of aliphatic hydroxyl groups is 1. The summed E-state index contributed by atoms with van der Waals surface area (Å²) >= 11 is 0. The summed E-state index contributed by atoms with van der Waals surface area (Å²) < 4.78 is 5.74. The molecule has 1 unspecified atom stereocenters. The number of carbonyl (C=O) groups is 2. The van der Waals surface area contributed by atoms with E-state index in [-0.39, 0.29) is 11.3 Å². The Hall–Kier alpha value is -4.06. The molecule has 1 amide bonds. The topological polar surface area (TPSA) is 70.1 Å². The number of rotatable bonds is 9. The van der Waals surface area contributed by atoms with Gasteiger partial charge in [0.25, 0.3) is 11.7 Å². The van der Waals surface area contributed by atoms with Gasteiger partial charge in [0.2, 0.25) is 0 Å². The number of amides is 1. The zero-order chi connectivity index (χ0) is 27.4. The van der Waals surface area contributed by atoms with E-state index in [1.54, 1.807) is 18.2 Å². The van der Waals surface area contributed by atoms with E-state index in [2.05, 4.69) is 18.7 Å². The largest absolute Gasteiger partial charge is 0.507 e. The van der Waals surface area contributed by atoms with E-state index in [9.17, 15) is 14.7 Å². The molecule has 0 aromatic heterocycles. The van der Waals surface area contributed by atoms with Crippen molar-refractivity contribution in [2.75, 3.05) is 29.5 Å². The maximum Gasteiger partial charge on any atom is 0.300 e. The van der Waals surface area contributed by atoms with E-state index in [0.717, 1.165) is 41.9 Å². The van der Waals surface area contributed by atoms with Crippen LogP contribution in [0.15, 0.2) is 72.3 Å². The van der Waals surface area contributed by atoms with Crippen LogP contribution in [0.3, 0.4) is 0 Å². The first-order valence-electron chi connectivity index (χ1n) is 13.3. The molecular formula is C32H36N2O4. The molecule has 1 saturated heterocycles. The van der Waals surface area contributed by atoms with Crippen molar-refractivity contribution in [2.45, 2.75) is 47.1 Å². The first-order valence-corrected chi connectivity index (χ1v) is 13.3. The van der Waals surface area contributed by atoms with Crippen LogP contribution >= 0.6 is 0 Å². The highest BCUT2D eigenvalue weighted by Crippen LogP contribution is 2.43. The number of ketones is 1. The summed E-state index contributed by atoms with van der Waals surface area (Å²) in [5.41, 5.74) is 4.82. The average Bonchev–Trinajstić information content (AvgIpc) is 3.19. The molecule has 1 aliphatic heterocycles. The number of ether oxygens (including phenoxy) is 1. The zero-order valence-electron chi connectivity index (χ0n) is 22.8. The van der Waals surface area contributed by atoms with Gasteiger partial charge in [-0.05, 0) is 81.1 Å². The Labute approximate surface area is 225 Å². The molecule has 3 aromatic rings. The summed E-state index contributed by atoms with van der Waals surface area (Å²) in [5, 5.41) is 11.5. The lowest BCUT2D eigenvalue weighted by molar-refractivity contribution is -0.132. The minimum atomic E-state index is -0.776. The summed E-state index contributed by atoms with van der Waals surface area (Å²) in [7, 11) is 0. The van der Waals surface area contributed by atoms with Gasteiger partial charge < -0.3 is 14.7 Å². The van der Waals surface area contributed by atoms with E-state index < -0.39 is 17.7 Å². The standard InChI is InChI=1S/C32H36N2O4/c1-6-18-38-26-11-9-10-24(20-26)30(35)28-29(23-14-16-25(17-15-23)33(7-2)8-3)34(32(37)31(28)36)27-19-21(4)12-13-22(27)5/h9-17,19-20,29,35H,6-8,18H2,1-5H3/b30-28+. The summed E-state index contributed by atoms with van der Waals surface area (Å²) in [6.45, 7) is 12.4. The molecule has 6 nitrogen and oxygen atoms in total. The fourth-order valence-corrected chi connectivity index (χ4v) is 4.94. The lowest BCUT2D eigenvalue weighted by Gasteiger charge is -2.28. The monoisotopic (exact) mass is 512 g/mol. The smallest absolute Gasteiger partial charge is 0.300 e. The summed E-state index contributed by atoms with van der Waals surface area (Å²) in [6.07, 6.45) is 0.848. The van der Waals surface area contributed by atoms with Gasteiger partial charge in [-0.2, -0.15) is 0 Å². The minimum absolute atomic E-state index is 0.0686. The molecule has 1 fully saturated rings. The number of carbonyl (C=O) groups excluding carboxylic acids is 2. The first-order chi connectivity index (χ1) is 18.3. The number of hydrogen-bond donors (Lipinski definition) is 1. The van der Waals surface area contributed by atoms with Crippen LogP contribution in [0, 0.1) is 13.8 Å². The van der Waals surface area contributed by atoms with E-state index in [4.69, 9.17) is 4.74 Å². The molecule has 0 saturated carbocycles. The Bertz CT molecular complexity index is 1360. The Morgan fingerprint density at radius 3 is 2.32 bits per heavy atom. The number of Topliss-reactive ketones (excluding diaryl/α,β-unsaturated/α-hetero) is 1. The second-order valence-corrected chi connectivity index (χ2v) is 9.60. The molecule has 0 radical (unpaired) electrons. The molecule has 1 heterocycles. The molecular weight excluding hydrogens is 476 g/mol. The zero-order valence-corrected chi connectivity index (χ0v) is 22.8. The molecule has 3 aromatic carbocycles. The van der Waals surface area contributed by atoms with Gasteiger partial charge in [-0.25, -0.2) is 0 Å². The van der Waals surface area contributed by atoms with Crippen molar-refractivity contribution in [3.8, 4) is 5.75 Å². The van der Waals surface area contributed by atoms with Crippen molar-refractivity contribution in [1.82, 2.24) is 0 Å². The first kappa shape index (κ1) is 27.0. The third-order valence-electron chi connectivity index (χ3n) is 6.99. The van der Waals surface area contributed by atoms with Gasteiger partial charge in [0.15, 0.2) is 0 Å². The number of aliphatic hydroxyl groups excluding tert-OH is 1. The molecule has 4 rings (SSSR count). The van der Waals surface area contributed by atoms with Crippen molar-refractivity contribution in [1.29, 1.82) is 0 Å². The van der Waals surface area contributed by atoms with Crippen LogP contribution in [0.4, 0.5) is 11.4 Å². The maximum atomic E-state index is 13.6. The Morgan fingerprint density at radius 1 is 0.947 bits per heavy atom. The van der Waals surface area contributed by atoms with Crippen LogP contribution < -0.4 is 14.5 Å². The highest BCUT2D eigenvalue weighted by molar-refractivity contribution is 6.51. The quantitative estimate of drug-likeness (QED) is 0.200. The maximum absolute atomic E-state index is 13.6. The Kier molecular flexibility index (Phi) is 8.20. The van der Waals surface area contributed by atoms with Crippen molar-refractivity contribution in [3.05, 3.63) is 94.6 Å². The minimum Gasteiger partial charge on any atom is -0.507 e. The lowest BCUT2D eigenvalue weighted by atomic mass is 9.94. The normalized spacial score (nSPS) is 16.7. The van der Waals surface area contributed by atoms with Gasteiger partial charge in [0, 0.05) is 30.0 Å². The number of benzene rings is 3. The van der Waals surface area contributed by atoms with E-state index in [0.29, 0.717) is 23.6 Å². The van der Waals surface area contributed by atoms with Crippen molar-refractivity contribution < 1.29 is 19.4 Å². The lowest BCUT2D eigenvalue weighted by Crippen LogP contribution is -2.30. The molecule has 0 spiro atoms. The van der Waals surface area contributed by atoms with Crippen LogP contribution in [-0.2, 0) is 9.59 Å². The van der Waals surface area contributed by atoms with E-state index in [1.165, 1.54) is 4.90 Å². The van der Waals surface area contributed by atoms with Crippen LogP contribution in [0.5, 0.6) is 5.75 Å². The Balaban J connectivity index is 1.90. The molecule has 6 heteroatoms. The van der Waals surface area contributed by atoms with Gasteiger partial charge in [-0.15, -0.1) is 0 Å². The SMILES string of the molecule is CCCOc1cccc(/C(O)=C2\C(=O)C(=O)N(c3cc(C)ccc3C)C2c2ccc(N(CC)CC)cc2)c1.